The van der Waals surface area contributed by atoms with Gasteiger partial charge in [-0.25, -0.2) is 0 Å². The molecule has 0 radical (unpaired) electrons. The van der Waals surface area contributed by atoms with Crippen LogP contribution in [0.25, 0.3) is 0 Å². The summed E-state index contributed by atoms with van der Waals surface area (Å²) in [5, 5.41) is 9.49. The predicted molar refractivity (Wildman–Crippen MR) is 63.0 cm³/mol. The van der Waals surface area contributed by atoms with Gasteiger partial charge in [-0.05, 0) is 12.1 Å². The van der Waals surface area contributed by atoms with Gasteiger partial charge in [0.2, 0.25) is 0 Å². The fourth-order valence-electron chi connectivity index (χ4n) is 1.69. The van der Waals surface area contributed by atoms with E-state index in [0.717, 1.165) is 5.56 Å². The van der Waals surface area contributed by atoms with Gasteiger partial charge in [0.1, 0.15) is 11.5 Å². The quantitative estimate of drug-likeness (QED) is 0.782. The van der Waals surface area contributed by atoms with E-state index < -0.39 is 5.41 Å². The molecule has 0 saturated heterocycles. The zero-order chi connectivity index (χ0) is 12.2. The van der Waals surface area contributed by atoms with Crippen LogP contribution < -0.4 is 15.2 Å². The third-order valence-corrected chi connectivity index (χ3v) is 2.83. The van der Waals surface area contributed by atoms with Gasteiger partial charge in [0.05, 0.1) is 20.8 Å². The second-order valence-corrected chi connectivity index (χ2v) is 3.96. The highest BCUT2D eigenvalue weighted by Crippen LogP contribution is 2.38. The Morgan fingerprint density at radius 3 is 2.06 bits per heavy atom. The average molecular weight is 225 g/mol. The Balaban J connectivity index is 3.38. The molecule has 0 heterocycles. The molecular formula is C12H19NO3. The fourth-order valence-corrected chi connectivity index (χ4v) is 1.69. The normalized spacial score (nSPS) is 14.3. The number of rotatable bonds is 5. The molecule has 0 aliphatic carbocycles. The molecule has 1 aromatic rings. The predicted octanol–water partition coefficient (Wildman–Crippen LogP) is 0.912. The molecule has 4 nitrogen and oxygen atoms in total. The van der Waals surface area contributed by atoms with Crippen molar-refractivity contribution in [1.82, 2.24) is 0 Å². The lowest BCUT2D eigenvalue weighted by Crippen LogP contribution is -2.36. The summed E-state index contributed by atoms with van der Waals surface area (Å²) in [6, 6.07) is 5.51. The van der Waals surface area contributed by atoms with Crippen LogP contribution in [0.3, 0.4) is 0 Å². The molecule has 16 heavy (non-hydrogen) atoms. The third-order valence-electron chi connectivity index (χ3n) is 2.83. The molecule has 0 saturated carbocycles. The Labute approximate surface area is 96.0 Å². The summed E-state index contributed by atoms with van der Waals surface area (Å²) < 4.78 is 10.6. The summed E-state index contributed by atoms with van der Waals surface area (Å²) in [4.78, 5) is 0. The lowest BCUT2D eigenvalue weighted by molar-refractivity contribution is 0.202. The smallest absolute Gasteiger partial charge is 0.126 e. The molecule has 0 amide bonds. The zero-order valence-electron chi connectivity index (χ0n) is 9.99. The maximum Gasteiger partial charge on any atom is 0.126 e. The second kappa shape index (κ2) is 5.18. The van der Waals surface area contributed by atoms with E-state index in [1.54, 1.807) is 14.2 Å². The highest BCUT2D eigenvalue weighted by molar-refractivity contribution is 5.50. The number of methoxy groups -OCH3 is 2. The monoisotopic (exact) mass is 225 g/mol. The van der Waals surface area contributed by atoms with Gasteiger partial charge in [-0.2, -0.15) is 0 Å². The van der Waals surface area contributed by atoms with Crippen LogP contribution in [0.15, 0.2) is 18.2 Å². The van der Waals surface area contributed by atoms with Crippen LogP contribution in [-0.2, 0) is 5.41 Å². The molecule has 3 N–H and O–H groups in total. The highest BCUT2D eigenvalue weighted by Gasteiger charge is 2.31. The van der Waals surface area contributed by atoms with Crippen LogP contribution in [0.1, 0.15) is 12.5 Å². The van der Waals surface area contributed by atoms with Gasteiger partial charge in [0.15, 0.2) is 0 Å². The summed E-state index contributed by atoms with van der Waals surface area (Å²) in [6.07, 6.45) is 0. The average Bonchev–Trinajstić information content (AvgIpc) is 2.36. The van der Waals surface area contributed by atoms with Crippen LogP contribution in [0.2, 0.25) is 0 Å². The van der Waals surface area contributed by atoms with Crippen molar-refractivity contribution >= 4 is 0 Å². The maximum atomic E-state index is 9.49. The van der Waals surface area contributed by atoms with Crippen LogP contribution in [0, 0.1) is 0 Å². The summed E-state index contributed by atoms with van der Waals surface area (Å²) >= 11 is 0. The van der Waals surface area contributed by atoms with Gasteiger partial charge in [0.25, 0.3) is 0 Å². The molecule has 1 aromatic carbocycles. The second-order valence-electron chi connectivity index (χ2n) is 3.96. The Morgan fingerprint density at radius 2 is 1.75 bits per heavy atom. The zero-order valence-corrected chi connectivity index (χ0v) is 9.99. The number of aliphatic hydroxyl groups is 1. The molecule has 0 spiro atoms. The van der Waals surface area contributed by atoms with E-state index in [4.69, 9.17) is 15.2 Å². The van der Waals surface area contributed by atoms with Gasteiger partial charge in [0, 0.05) is 17.5 Å². The number of hydrogen-bond acceptors (Lipinski definition) is 4. The van der Waals surface area contributed by atoms with Crippen LogP contribution in [0.5, 0.6) is 11.5 Å². The number of nitrogens with two attached hydrogens (primary N) is 1. The van der Waals surface area contributed by atoms with E-state index in [0.29, 0.717) is 18.0 Å². The SMILES string of the molecule is COc1cccc(OC)c1C(C)(CN)CO. The van der Waals surface area contributed by atoms with E-state index in [-0.39, 0.29) is 6.61 Å². The lowest BCUT2D eigenvalue weighted by Gasteiger charge is -2.29. The first-order valence-corrected chi connectivity index (χ1v) is 5.15. The van der Waals surface area contributed by atoms with E-state index in [1.165, 1.54) is 0 Å². The van der Waals surface area contributed by atoms with Crippen LogP contribution in [0.4, 0.5) is 0 Å². The molecule has 0 aromatic heterocycles. The molecule has 1 atom stereocenters. The minimum atomic E-state index is -0.558. The third kappa shape index (κ3) is 2.13. The van der Waals surface area contributed by atoms with Crippen molar-refractivity contribution in [3.8, 4) is 11.5 Å². The molecule has 1 rings (SSSR count). The summed E-state index contributed by atoms with van der Waals surface area (Å²) in [5.74, 6) is 1.36. The van der Waals surface area contributed by atoms with Crippen LogP contribution >= 0.6 is 0 Å². The molecule has 1 unspecified atom stereocenters. The first-order chi connectivity index (χ1) is 7.62. The minimum absolute atomic E-state index is 0.0553. The van der Waals surface area contributed by atoms with Gasteiger partial charge in [-0.1, -0.05) is 13.0 Å². The fraction of sp³-hybridized carbons (Fsp3) is 0.500. The Bertz CT molecular complexity index is 326. The molecule has 0 bridgehead atoms. The largest absolute Gasteiger partial charge is 0.496 e. The van der Waals surface area contributed by atoms with E-state index in [9.17, 15) is 5.11 Å². The standard InChI is InChI=1S/C12H19NO3/c1-12(7-13,8-14)11-9(15-2)5-4-6-10(11)16-3/h4-6,14H,7-8,13H2,1-3H3. The minimum Gasteiger partial charge on any atom is -0.496 e. The van der Waals surface area contributed by atoms with E-state index >= 15 is 0 Å². The van der Waals surface area contributed by atoms with Gasteiger partial charge in [-0.3, -0.25) is 0 Å². The molecule has 4 heteroatoms. The summed E-state index contributed by atoms with van der Waals surface area (Å²) in [7, 11) is 3.18. The number of ether oxygens (including phenoxy) is 2. The van der Waals surface area contributed by atoms with Crippen molar-refractivity contribution in [3.05, 3.63) is 23.8 Å². The molecule has 0 aliphatic rings. The van der Waals surface area contributed by atoms with Crippen molar-refractivity contribution < 1.29 is 14.6 Å². The summed E-state index contributed by atoms with van der Waals surface area (Å²) in [6.45, 7) is 2.15. The number of hydrogen-bond donors (Lipinski definition) is 2. The lowest BCUT2D eigenvalue weighted by atomic mass is 9.82. The van der Waals surface area contributed by atoms with Gasteiger partial charge in [-0.15, -0.1) is 0 Å². The summed E-state index contributed by atoms with van der Waals surface area (Å²) in [5.41, 5.74) is 5.98. The first kappa shape index (κ1) is 12.8. The maximum absolute atomic E-state index is 9.49. The van der Waals surface area contributed by atoms with E-state index in [2.05, 4.69) is 0 Å². The molecular weight excluding hydrogens is 206 g/mol. The number of benzene rings is 1. The topological polar surface area (TPSA) is 64.7 Å². The van der Waals surface area contributed by atoms with Gasteiger partial charge >= 0.3 is 0 Å². The van der Waals surface area contributed by atoms with Gasteiger partial charge < -0.3 is 20.3 Å². The molecule has 0 aliphatic heterocycles. The van der Waals surface area contributed by atoms with E-state index in [1.807, 2.05) is 25.1 Å². The number of aliphatic hydroxyl groups excluding tert-OH is 1. The van der Waals surface area contributed by atoms with Crippen molar-refractivity contribution in [1.29, 1.82) is 0 Å². The molecule has 0 fully saturated rings. The Hall–Kier alpha value is -1.26. The Morgan fingerprint density at radius 1 is 1.25 bits per heavy atom. The highest BCUT2D eigenvalue weighted by atomic mass is 16.5. The van der Waals surface area contributed by atoms with Crippen molar-refractivity contribution in [2.45, 2.75) is 12.3 Å². The Kier molecular flexibility index (Phi) is 4.15. The first-order valence-electron chi connectivity index (χ1n) is 5.15. The van der Waals surface area contributed by atoms with Crippen molar-refractivity contribution in [2.75, 3.05) is 27.4 Å². The van der Waals surface area contributed by atoms with Crippen molar-refractivity contribution in [2.24, 2.45) is 5.73 Å². The molecule has 90 valence electrons. The van der Waals surface area contributed by atoms with Crippen LogP contribution in [-0.4, -0.2) is 32.5 Å². The van der Waals surface area contributed by atoms with Crippen molar-refractivity contribution in [3.63, 3.8) is 0 Å².